The van der Waals surface area contributed by atoms with E-state index in [1.807, 2.05) is 0 Å². The molecule has 2 nitrogen and oxygen atoms in total. The summed E-state index contributed by atoms with van der Waals surface area (Å²) in [6.45, 7) is 1.81. The first-order chi connectivity index (χ1) is 19.7. The number of benzene rings is 3. The van der Waals surface area contributed by atoms with Gasteiger partial charge in [0.05, 0.1) is 22.3 Å². The molecule has 2 saturated heterocycles. The molecule has 2 heterocycles. The number of rotatable bonds is 3. The Labute approximate surface area is 237 Å². The van der Waals surface area contributed by atoms with Gasteiger partial charge in [0.25, 0.3) is 0 Å². The van der Waals surface area contributed by atoms with Crippen LogP contribution in [-0.2, 0) is 35.0 Å². The Morgan fingerprint density at radius 3 is 1.49 bits per heavy atom. The Balaban J connectivity index is 1.90. The van der Waals surface area contributed by atoms with Gasteiger partial charge in [0, 0.05) is 6.04 Å². The minimum absolute atomic E-state index is 0.00241. The zero-order chi connectivity index (χ0) is 31.8. The van der Waals surface area contributed by atoms with Crippen LogP contribution in [0, 0.1) is 6.92 Å². The molecule has 2 aliphatic rings. The van der Waals surface area contributed by atoms with Gasteiger partial charge in [-0.25, -0.2) is 0 Å². The summed E-state index contributed by atoms with van der Waals surface area (Å²) in [6, 6.07) is 6.11. The molecular weight excluding hydrogens is 605 g/mol. The first kappa shape index (κ1) is 31.2. The van der Waals surface area contributed by atoms with Crippen molar-refractivity contribution in [1.29, 1.82) is 0 Å². The highest BCUT2D eigenvalue weighted by Gasteiger charge is 2.60. The molecule has 230 valence electrons. The maximum atomic E-state index is 13.9. The number of hydrogen-bond acceptors (Lipinski definition) is 2. The van der Waals surface area contributed by atoms with Crippen LogP contribution in [0.3, 0.4) is 0 Å². The Morgan fingerprint density at radius 2 is 1.09 bits per heavy atom. The summed E-state index contributed by atoms with van der Waals surface area (Å²) in [5.74, 6) is 0. The fourth-order valence-corrected chi connectivity index (χ4v) is 5.96. The molecule has 0 aromatic heterocycles. The molecular formula is C28H20BF12NO. The average Bonchev–Trinajstić information content (AvgIpc) is 3.49. The molecule has 0 aliphatic carbocycles. The van der Waals surface area contributed by atoms with E-state index in [0.717, 1.165) is 0 Å². The van der Waals surface area contributed by atoms with Crippen molar-refractivity contribution in [3.8, 4) is 0 Å². The van der Waals surface area contributed by atoms with Gasteiger partial charge in [-0.1, -0.05) is 29.8 Å². The summed E-state index contributed by atoms with van der Waals surface area (Å²) in [4.78, 5) is 1.56. The third kappa shape index (κ3) is 5.61. The summed E-state index contributed by atoms with van der Waals surface area (Å²) < 4.78 is 174. The second-order valence-electron chi connectivity index (χ2n) is 10.5. The van der Waals surface area contributed by atoms with Crippen LogP contribution in [0.1, 0.15) is 51.8 Å². The molecule has 0 N–H and O–H groups in total. The second-order valence-corrected chi connectivity index (χ2v) is 10.5. The molecule has 0 saturated carbocycles. The van der Waals surface area contributed by atoms with Crippen LogP contribution in [-0.4, -0.2) is 24.4 Å². The first-order valence-electron chi connectivity index (χ1n) is 12.8. The minimum Gasteiger partial charge on any atom is -0.402 e. The molecule has 2 fully saturated rings. The van der Waals surface area contributed by atoms with Gasteiger partial charge in [0.1, 0.15) is 5.60 Å². The van der Waals surface area contributed by atoms with E-state index < -0.39 is 76.8 Å². The van der Waals surface area contributed by atoms with Gasteiger partial charge in [-0.15, -0.1) is 0 Å². The fraction of sp³-hybridized carbons (Fsp3) is 0.357. The van der Waals surface area contributed by atoms with Gasteiger partial charge in [0.2, 0.25) is 0 Å². The Bertz CT molecular complexity index is 1390. The molecule has 5 rings (SSSR count). The van der Waals surface area contributed by atoms with Gasteiger partial charge in [-0.3, -0.25) is 0 Å². The van der Waals surface area contributed by atoms with Crippen molar-refractivity contribution >= 4 is 12.5 Å². The van der Waals surface area contributed by atoms with Gasteiger partial charge in [-0.2, -0.15) is 52.7 Å². The summed E-state index contributed by atoms with van der Waals surface area (Å²) in [5.41, 5.74) is -10.5. The Morgan fingerprint density at radius 1 is 0.674 bits per heavy atom. The minimum atomic E-state index is -5.34. The van der Waals surface area contributed by atoms with Gasteiger partial charge in [-0.05, 0) is 79.3 Å². The molecule has 1 atom stereocenters. The maximum absolute atomic E-state index is 13.9. The van der Waals surface area contributed by atoms with E-state index in [1.54, 1.807) is 36.0 Å². The maximum Gasteiger partial charge on any atom is 0.420 e. The fourth-order valence-electron chi connectivity index (χ4n) is 5.96. The number of halogens is 12. The molecule has 43 heavy (non-hydrogen) atoms. The van der Waals surface area contributed by atoms with E-state index in [0.29, 0.717) is 41.7 Å². The molecule has 3 aromatic carbocycles. The van der Waals surface area contributed by atoms with Crippen LogP contribution in [0.15, 0.2) is 60.7 Å². The standard InChI is InChI=1S/C28H20BF12NO/c1-15-5-2-3-6-22(15)29-42-8-4-7-23(42)24(43-29,16-9-18(25(30,31)32)13-19(10-16)26(33,34)35)17-11-20(27(36,37)38)14-21(12-17)28(39,40)41/h2-3,5-6,9-14,23H,4,7-8H2,1H3/t23-/m1/s1. The number of fused-ring (bicyclic) bond motifs is 1. The molecule has 2 aliphatic heterocycles. The lowest BCUT2D eigenvalue weighted by atomic mass is 9.70. The summed E-state index contributed by atoms with van der Waals surface area (Å²) in [7, 11) is -1.21. The van der Waals surface area contributed by atoms with Gasteiger partial charge < -0.3 is 9.47 Å². The van der Waals surface area contributed by atoms with E-state index in [9.17, 15) is 52.7 Å². The highest BCUT2D eigenvalue weighted by Crippen LogP contribution is 2.52. The molecule has 0 bridgehead atoms. The third-order valence-electron chi connectivity index (χ3n) is 7.85. The monoisotopic (exact) mass is 625 g/mol. The van der Waals surface area contributed by atoms with Crippen LogP contribution < -0.4 is 5.46 Å². The van der Waals surface area contributed by atoms with E-state index in [1.165, 1.54) is 0 Å². The van der Waals surface area contributed by atoms with Crippen molar-refractivity contribution in [2.75, 3.05) is 6.54 Å². The second kappa shape index (κ2) is 10.2. The van der Waals surface area contributed by atoms with E-state index in [4.69, 9.17) is 4.65 Å². The largest absolute Gasteiger partial charge is 0.420 e. The smallest absolute Gasteiger partial charge is 0.402 e. The predicted octanol–water partition coefficient (Wildman–Crippen LogP) is 8.20. The molecule has 3 aromatic rings. The van der Waals surface area contributed by atoms with Crippen LogP contribution >= 0.6 is 0 Å². The summed E-state index contributed by atoms with van der Waals surface area (Å²) >= 11 is 0. The first-order valence-corrected chi connectivity index (χ1v) is 12.8. The average molecular weight is 625 g/mol. The quantitative estimate of drug-likeness (QED) is 0.215. The van der Waals surface area contributed by atoms with Crippen LogP contribution in [0.25, 0.3) is 0 Å². The van der Waals surface area contributed by atoms with Crippen molar-refractivity contribution in [2.45, 2.75) is 56.1 Å². The van der Waals surface area contributed by atoms with E-state index in [2.05, 4.69) is 0 Å². The summed E-state index contributed by atoms with van der Waals surface area (Å²) in [5, 5.41) is 0. The van der Waals surface area contributed by atoms with Crippen molar-refractivity contribution in [1.82, 2.24) is 4.81 Å². The van der Waals surface area contributed by atoms with Crippen molar-refractivity contribution in [3.63, 3.8) is 0 Å². The lowest BCUT2D eigenvalue weighted by Gasteiger charge is -2.37. The SMILES string of the molecule is Cc1ccccc1B1OC(c2cc(C(F)(F)F)cc(C(F)(F)F)c2)(c2cc(C(F)(F)F)cc(C(F)(F)F)c2)[C@H]2CCCN12. The van der Waals surface area contributed by atoms with Crippen molar-refractivity contribution in [2.24, 2.45) is 0 Å². The lowest BCUT2D eigenvalue weighted by Crippen LogP contribution is -2.46. The van der Waals surface area contributed by atoms with Gasteiger partial charge in [0.15, 0.2) is 0 Å². The number of hydrogen-bond donors (Lipinski definition) is 0. The molecule has 0 unspecified atom stereocenters. The van der Waals surface area contributed by atoms with Crippen LogP contribution in [0.4, 0.5) is 52.7 Å². The zero-order valence-electron chi connectivity index (χ0n) is 21.9. The van der Waals surface area contributed by atoms with E-state index >= 15 is 0 Å². The van der Waals surface area contributed by atoms with Gasteiger partial charge >= 0.3 is 31.8 Å². The molecule has 15 heteroatoms. The van der Waals surface area contributed by atoms with Crippen molar-refractivity contribution < 1.29 is 57.3 Å². The van der Waals surface area contributed by atoms with Crippen molar-refractivity contribution in [3.05, 3.63) is 99.6 Å². The predicted molar refractivity (Wildman–Crippen MR) is 131 cm³/mol. The Kier molecular flexibility index (Phi) is 7.40. The zero-order valence-corrected chi connectivity index (χ0v) is 21.9. The number of aryl methyl sites for hydroxylation is 1. The number of alkyl halides is 12. The lowest BCUT2D eigenvalue weighted by molar-refractivity contribution is -0.144. The third-order valence-corrected chi connectivity index (χ3v) is 7.85. The topological polar surface area (TPSA) is 12.5 Å². The Hall–Kier alpha value is -3.20. The highest BCUT2D eigenvalue weighted by atomic mass is 19.4. The summed E-state index contributed by atoms with van der Waals surface area (Å²) in [6.07, 6.45) is -21.1. The molecule has 0 radical (unpaired) electrons. The highest BCUT2D eigenvalue weighted by molar-refractivity contribution is 6.66. The van der Waals surface area contributed by atoms with Crippen LogP contribution in [0.2, 0.25) is 0 Å². The van der Waals surface area contributed by atoms with E-state index in [-0.39, 0.29) is 25.1 Å². The molecule has 0 amide bonds. The normalized spacial score (nSPS) is 19.7. The van der Waals surface area contributed by atoms with Crippen LogP contribution in [0.5, 0.6) is 0 Å². The molecule has 0 spiro atoms. The number of nitrogens with zero attached hydrogens (tertiary/aromatic N) is 1.